The first-order valence-electron chi connectivity index (χ1n) is 8.24. The fourth-order valence-electron chi connectivity index (χ4n) is 3.06. The van der Waals surface area contributed by atoms with Crippen LogP contribution in [-0.4, -0.2) is 37.5 Å². The zero-order valence-corrected chi connectivity index (χ0v) is 14.5. The molecule has 0 aromatic heterocycles. The lowest BCUT2D eigenvalue weighted by Crippen LogP contribution is -2.45. The summed E-state index contributed by atoms with van der Waals surface area (Å²) in [7, 11) is -3.39. The molecule has 0 bridgehead atoms. The molecule has 1 aromatic rings. The van der Waals surface area contributed by atoms with Gasteiger partial charge < -0.3 is 5.32 Å². The van der Waals surface area contributed by atoms with Crippen LogP contribution < -0.4 is 5.32 Å². The number of nitrogens with one attached hydrogen (secondary N) is 1. The van der Waals surface area contributed by atoms with E-state index in [1.54, 1.807) is 0 Å². The predicted molar refractivity (Wildman–Crippen MR) is 91.3 cm³/mol. The van der Waals surface area contributed by atoms with Crippen molar-refractivity contribution < 1.29 is 13.2 Å². The van der Waals surface area contributed by atoms with E-state index in [1.807, 2.05) is 30.3 Å². The third kappa shape index (κ3) is 5.95. The summed E-state index contributed by atoms with van der Waals surface area (Å²) in [5, 5.41) is 2.81. The molecule has 6 heteroatoms. The first-order valence-corrected chi connectivity index (χ1v) is 10.1. The van der Waals surface area contributed by atoms with Gasteiger partial charge in [-0.05, 0) is 18.4 Å². The van der Waals surface area contributed by atoms with Crippen molar-refractivity contribution in [3.05, 3.63) is 35.9 Å². The Morgan fingerprint density at radius 1 is 1.13 bits per heavy atom. The highest BCUT2D eigenvalue weighted by Crippen LogP contribution is 2.23. The summed E-state index contributed by atoms with van der Waals surface area (Å²) in [6.45, 7) is 0.332. The van der Waals surface area contributed by atoms with Gasteiger partial charge in [-0.3, -0.25) is 4.79 Å². The van der Waals surface area contributed by atoms with E-state index in [1.165, 1.54) is 10.6 Å². The smallest absolute Gasteiger partial charge is 0.235 e. The molecular formula is C17H26N2O3S. The number of hydrogen-bond donors (Lipinski definition) is 1. The van der Waals surface area contributed by atoms with Crippen molar-refractivity contribution in [2.24, 2.45) is 0 Å². The summed E-state index contributed by atoms with van der Waals surface area (Å²) in [6.07, 6.45) is 7.24. The van der Waals surface area contributed by atoms with Gasteiger partial charge in [-0.25, -0.2) is 8.42 Å². The molecule has 0 spiro atoms. The third-order valence-electron chi connectivity index (χ3n) is 4.29. The minimum Gasteiger partial charge on any atom is -0.351 e. The number of carbonyl (C=O) groups is 1. The molecular weight excluding hydrogens is 312 g/mol. The van der Waals surface area contributed by atoms with E-state index >= 15 is 0 Å². The van der Waals surface area contributed by atoms with Gasteiger partial charge in [-0.1, -0.05) is 56.0 Å². The highest BCUT2D eigenvalue weighted by molar-refractivity contribution is 7.88. The topological polar surface area (TPSA) is 66.5 Å². The molecule has 128 valence electrons. The second kappa shape index (κ2) is 8.45. The van der Waals surface area contributed by atoms with Crippen LogP contribution in [0.5, 0.6) is 0 Å². The van der Waals surface area contributed by atoms with E-state index in [9.17, 15) is 13.2 Å². The van der Waals surface area contributed by atoms with E-state index < -0.39 is 10.0 Å². The fourth-order valence-corrected chi connectivity index (χ4v) is 4.16. The van der Waals surface area contributed by atoms with Crippen LogP contribution in [0.2, 0.25) is 0 Å². The van der Waals surface area contributed by atoms with Gasteiger partial charge in [0.05, 0.1) is 12.8 Å². The molecule has 0 heterocycles. The second-order valence-corrected chi connectivity index (χ2v) is 8.15. The molecule has 0 radical (unpaired) electrons. The van der Waals surface area contributed by atoms with Crippen LogP contribution in [-0.2, 0) is 21.4 Å². The van der Waals surface area contributed by atoms with Crippen molar-refractivity contribution in [1.29, 1.82) is 0 Å². The maximum absolute atomic E-state index is 12.2. The highest BCUT2D eigenvalue weighted by Gasteiger charge is 2.29. The average Bonchev–Trinajstić information content (AvgIpc) is 2.79. The molecule has 1 aliphatic rings. The van der Waals surface area contributed by atoms with Crippen LogP contribution in [0.25, 0.3) is 0 Å². The Morgan fingerprint density at radius 2 is 1.74 bits per heavy atom. The number of benzene rings is 1. The summed E-state index contributed by atoms with van der Waals surface area (Å²) in [6, 6.07) is 9.56. The van der Waals surface area contributed by atoms with Gasteiger partial charge in [0.25, 0.3) is 0 Å². The Kier molecular flexibility index (Phi) is 6.59. The maximum atomic E-state index is 12.2. The van der Waals surface area contributed by atoms with Crippen molar-refractivity contribution >= 4 is 15.9 Å². The van der Waals surface area contributed by atoms with E-state index in [0.717, 1.165) is 44.1 Å². The largest absolute Gasteiger partial charge is 0.351 e. The van der Waals surface area contributed by atoms with Crippen molar-refractivity contribution in [2.75, 3.05) is 12.8 Å². The van der Waals surface area contributed by atoms with Crippen molar-refractivity contribution in [2.45, 2.75) is 51.1 Å². The average molecular weight is 338 g/mol. The van der Waals surface area contributed by atoms with Crippen LogP contribution >= 0.6 is 0 Å². The Bertz CT molecular complexity index is 594. The quantitative estimate of drug-likeness (QED) is 0.809. The SMILES string of the molecule is CS(=O)(=O)N(CC(=O)NCc1ccccc1)C1CCCCCC1. The number of rotatable bonds is 6. The van der Waals surface area contributed by atoms with Crippen LogP contribution in [0.15, 0.2) is 30.3 Å². The summed E-state index contributed by atoms with van der Waals surface area (Å²) < 4.78 is 25.6. The number of nitrogens with zero attached hydrogens (tertiary/aromatic N) is 1. The van der Waals surface area contributed by atoms with Gasteiger partial charge in [0.15, 0.2) is 0 Å². The first kappa shape index (κ1) is 17.9. The molecule has 0 atom stereocenters. The van der Waals surface area contributed by atoms with Gasteiger partial charge in [-0.15, -0.1) is 0 Å². The lowest BCUT2D eigenvalue weighted by molar-refractivity contribution is -0.121. The molecule has 1 aromatic carbocycles. The molecule has 0 aliphatic heterocycles. The Hall–Kier alpha value is -1.40. The fraction of sp³-hybridized carbons (Fsp3) is 0.588. The molecule has 1 N–H and O–H groups in total. The summed E-state index contributed by atoms with van der Waals surface area (Å²) in [5.41, 5.74) is 1.00. The third-order valence-corrected chi connectivity index (χ3v) is 5.57. The number of amides is 1. The molecule has 5 nitrogen and oxygen atoms in total. The lowest BCUT2D eigenvalue weighted by atomic mass is 10.1. The molecule has 2 rings (SSSR count). The standard InChI is InChI=1S/C17H26N2O3S/c1-23(21,22)19(16-11-7-2-3-8-12-16)14-17(20)18-13-15-9-5-4-6-10-15/h4-6,9-10,16H,2-3,7-8,11-14H2,1H3,(H,18,20). The summed E-state index contributed by atoms with van der Waals surface area (Å²) >= 11 is 0. The summed E-state index contributed by atoms with van der Waals surface area (Å²) in [4.78, 5) is 12.2. The Balaban J connectivity index is 1.95. The molecule has 0 saturated heterocycles. The monoisotopic (exact) mass is 338 g/mol. The van der Waals surface area contributed by atoms with Gasteiger partial charge >= 0.3 is 0 Å². The summed E-state index contributed by atoms with van der Waals surface area (Å²) in [5.74, 6) is -0.247. The van der Waals surface area contributed by atoms with Crippen LogP contribution in [0.4, 0.5) is 0 Å². The van der Waals surface area contributed by atoms with Crippen molar-refractivity contribution in [3.63, 3.8) is 0 Å². The van der Waals surface area contributed by atoms with E-state index in [4.69, 9.17) is 0 Å². The molecule has 1 fully saturated rings. The lowest BCUT2D eigenvalue weighted by Gasteiger charge is -2.28. The number of carbonyl (C=O) groups excluding carboxylic acids is 1. The zero-order chi connectivity index (χ0) is 16.7. The highest BCUT2D eigenvalue weighted by atomic mass is 32.2. The van der Waals surface area contributed by atoms with E-state index in [-0.39, 0.29) is 18.5 Å². The van der Waals surface area contributed by atoms with Gasteiger partial charge in [-0.2, -0.15) is 4.31 Å². The van der Waals surface area contributed by atoms with E-state index in [2.05, 4.69) is 5.32 Å². The van der Waals surface area contributed by atoms with Crippen LogP contribution in [0.3, 0.4) is 0 Å². The molecule has 23 heavy (non-hydrogen) atoms. The normalized spacial score (nSPS) is 17.0. The molecule has 1 saturated carbocycles. The van der Waals surface area contributed by atoms with Crippen molar-refractivity contribution in [1.82, 2.24) is 9.62 Å². The van der Waals surface area contributed by atoms with Gasteiger partial charge in [0.2, 0.25) is 15.9 Å². The first-order chi connectivity index (χ1) is 11.0. The van der Waals surface area contributed by atoms with E-state index in [0.29, 0.717) is 6.54 Å². The Morgan fingerprint density at radius 3 is 2.30 bits per heavy atom. The number of hydrogen-bond acceptors (Lipinski definition) is 3. The van der Waals surface area contributed by atoms with Crippen LogP contribution in [0.1, 0.15) is 44.1 Å². The molecule has 1 aliphatic carbocycles. The molecule has 0 unspecified atom stereocenters. The van der Waals surface area contributed by atoms with Gasteiger partial charge in [0.1, 0.15) is 0 Å². The van der Waals surface area contributed by atoms with Crippen LogP contribution in [0, 0.1) is 0 Å². The second-order valence-electron chi connectivity index (χ2n) is 6.22. The zero-order valence-electron chi connectivity index (χ0n) is 13.7. The Labute approximate surface area is 139 Å². The predicted octanol–water partition coefficient (Wildman–Crippen LogP) is 2.29. The number of sulfonamides is 1. The maximum Gasteiger partial charge on any atom is 0.235 e. The molecule has 1 amide bonds. The van der Waals surface area contributed by atoms with Crippen molar-refractivity contribution in [3.8, 4) is 0 Å². The van der Waals surface area contributed by atoms with Gasteiger partial charge in [0, 0.05) is 12.6 Å². The minimum atomic E-state index is -3.39. The minimum absolute atomic E-state index is 0.0463.